The summed E-state index contributed by atoms with van der Waals surface area (Å²) >= 11 is 0. The fraction of sp³-hybridized carbons (Fsp3) is 0.909. The van der Waals surface area contributed by atoms with Gasteiger partial charge in [-0.2, -0.15) is 0 Å². The first-order chi connectivity index (χ1) is 7.89. The standard InChI is InChI=1S/C11H23O5P/c1-5-6-8-14-17(13,16-11(4)12)15-9-7-10(2)3/h10H,5-9H2,1-4H3. The Morgan fingerprint density at radius 3 is 2.29 bits per heavy atom. The number of hydrogen-bond acceptors (Lipinski definition) is 5. The van der Waals surface area contributed by atoms with Crippen molar-refractivity contribution in [3.63, 3.8) is 0 Å². The number of rotatable bonds is 9. The van der Waals surface area contributed by atoms with E-state index in [4.69, 9.17) is 9.05 Å². The zero-order valence-electron chi connectivity index (χ0n) is 11.1. The normalized spacial score (nSPS) is 14.6. The summed E-state index contributed by atoms with van der Waals surface area (Å²) in [6, 6.07) is 0. The van der Waals surface area contributed by atoms with Crippen molar-refractivity contribution in [3.8, 4) is 0 Å². The summed E-state index contributed by atoms with van der Waals surface area (Å²) in [5.41, 5.74) is 0. The fourth-order valence-corrected chi connectivity index (χ4v) is 2.14. The van der Waals surface area contributed by atoms with Crippen LogP contribution in [-0.4, -0.2) is 19.2 Å². The molecule has 0 amide bonds. The monoisotopic (exact) mass is 266 g/mol. The van der Waals surface area contributed by atoms with E-state index < -0.39 is 13.8 Å². The Hall–Kier alpha value is -0.380. The summed E-state index contributed by atoms with van der Waals surface area (Å²) in [5.74, 6) is -0.231. The molecule has 0 aliphatic heterocycles. The van der Waals surface area contributed by atoms with Crippen molar-refractivity contribution in [1.82, 2.24) is 0 Å². The van der Waals surface area contributed by atoms with E-state index in [1.807, 2.05) is 20.8 Å². The van der Waals surface area contributed by atoms with Gasteiger partial charge in [-0.1, -0.05) is 27.2 Å². The molecule has 0 N–H and O–H groups in total. The lowest BCUT2D eigenvalue weighted by molar-refractivity contribution is -0.133. The Morgan fingerprint density at radius 1 is 1.24 bits per heavy atom. The van der Waals surface area contributed by atoms with Crippen LogP contribution in [0.5, 0.6) is 0 Å². The van der Waals surface area contributed by atoms with E-state index in [1.165, 1.54) is 6.92 Å². The highest BCUT2D eigenvalue weighted by Crippen LogP contribution is 2.49. The molecule has 5 nitrogen and oxygen atoms in total. The van der Waals surface area contributed by atoms with Crippen LogP contribution in [0, 0.1) is 5.92 Å². The molecule has 102 valence electrons. The molecule has 0 fully saturated rings. The zero-order chi connectivity index (χ0) is 13.3. The SMILES string of the molecule is CCCCOP(=O)(OCCC(C)C)OC(C)=O. The predicted octanol–water partition coefficient (Wildman–Crippen LogP) is 3.54. The summed E-state index contributed by atoms with van der Waals surface area (Å²) in [4.78, 5) is 10.8. The van der Waals surface area contributed by atoms with E-state index in [2.05, 4.69) is 4.52 Å². The number of hydrogen-bond donors (Lipinski definition) is 0. The van der Waals surface area contributed by atoms with E-state index in [1.54, 1.807) is 0 Å². The van der Waals surface area contributed by atoms with E-state index >= 15 is 0 Å². The molecule has 0 aromatic carbocycles. The van der Waals surface area contributed by atoms with Crippen LogP contribution >= 0.6 is 7.82 Å². The zero-order valence-corrected chi connectivity index (χ0v) is 12.0. The van der Waals surface area contributed by atoms with Gasteiger partial charge in [-0.15, -0.1) is 0 Å². The van der Waals surface area contributed by atoms with E-state index in [-0.39, 0.29) is 13.2 Å². The lowest BCUT2D eigenvalue weighted by Gasteiger charge is -2.17. The minimum Gasteiger partial charge on any atom is -0.371 e. The van der Waals surface area contributed by atoms with Gasteiger partial charge in [0.25, 0.3) is 0 Å². The first kappa shape index (κ1) is 16.6. The van der Waals surface area contributed by atoms with Crippen LogP contribution in [0.2, 0.25) is 0 Å². The van der Waals surface area contributed by atoms with Crippen LogP contribution in [0.4, 0.5) is 0 Å². The van der Waals surface area contributed by atoms with Gasteiger partial charge in [0.05, 0.1) is 13.2 Å². The summed E-state index contributed by atoms with van der Waals surface area (Å²) in [6.45, 7) is 7.74. The van der Waals surface area contributed by atoms with Crippen molar-refractivity contribution >= 4 is 13.8 Å². The Kier molecular flexibility index (Phi) is 8.48. The van der Waals surface area contributed by atoms with E-state index in [9.17, 15) is 9.36 Å². The molecule has 0 radical (unpaired) electrons. The Labute approximate surface area is 103 Å². The average Bonchev–Trinajstić information content (AvgIpc) is 2.16. The predicted molar refractivity (Wildman–Crippen MR) is 65.6 cm³/mol. The van der Waals surface area contributed by atoms with Crippen molar-refractivity contribution in [2.75, 3.05) is 13.2 Å². The molecule has 0 bridgehead atoms. The second-order valence-corrected chi connectivity index (χ2v) is 5.83. The maximum atomic E-state index is 12.0. The third kappa shape index (κ3) is 9.33. The summed E-state index contributed by atoms with van der Waals surface area (Å²) in [7, 11) is -3.71. The highest BCUT2D eigenvalue weighted by molar-refractivity contribution is 7.49. The molecule has 0 aromatic heterocycles. The van der Waals surface area contributed by atoms with Crippen molar-refractivity contribution in [2.24, 2.45) is 5.92 Å². The van der Waals surface area contributed by atoms with Gasteiger partial charge >= 0.3 is 13.8 Å². The molecule has 17 heavy (non-hydrogen) atoms. The maximum Gasteiger partial charge on any atom is 0.532 e. The lowest BCUT2D eigenvalue weighted by Crippen LogP contribution is -2.07. The third-order valence-corrected chi connectivity index (χ3v) is 3.41. The molecule has 0 spiro atoms. The van der Waals surface area contributed by atoms with Crippen molar-refractivity contribution in [2.45, 2.75) is 47.0 Å². The maximum absolute atomic E-state index is 12.0. The van der Waals surface area contributed by atoms with Gasteiger partial charge in [-0.3, -0.25) is 13.8 Å². The van der Waals surface area contributed by atoms with Crippen LogP contribution < -0.4 is 0 Å². The number of phosphoric ester groups is 1. The Bertz CT molecular complexity index is 265. The van der Waals surface area contributed by atoms with Gasteiger partial charge in [0.2, 0.25) is 0 Å². The summed E-state index contributed by atoms with van der Waals surface area (Å²) in [6.07, 6.45) is 2.40. The number of phosphoric acid groups is 1. The molecular weight excluding hydrogens is 243 g/mol. The molecule has 0 saturated heterocycles. The number of carbonyl (C=O) groups is 1. The van der Waals surface area contributed by atoms with E-state index in [0.29, 0.717) is 5.92 Å². The summed E-state index contributed by atoms with van der Waals surface area (Å²) < 4.78 is 26.8. The highest BCUT2D eigenvalue weighted by atomic mass is 31.2. The summed E-state index contributed by atoms with van der Waals surface area (Å²) in [5, 5.41) is 0. The molecule has 6 heteroatoms. The first-order valence-corrected chi connectivity index (χ1v) is 7.45. The molecule has 0 aromatic rings. The molecule has 0 aliphatic rings. The average molecular weight is 266 g/mol. The van der Waals surface area contributed by atoms with Crippen LogP contribution in [0.3, 0.4) is 0 Å². The second-order valence-electron chi connectivity index (χ2n) is 4.23. The van der Waals surface area contributed by atoms with Gasteiger partial charge in [-0.25, -0.2) is 4.57 Å². The van der Waals surface area contributed by atoms with Gasteiger partial charge in [0.15, 0.2) is 0 Å². The van der Waals surface area contributed by atoms with Crippen molar-refractivity contribution < 1.29 is 22.9 Å². The highest BCUT2D eigenvalue weighted by Gasteiger charge is 2.29. The van der Waals surface area contributed by atoms with Crippen LogP contribution in [-0.2, 0) is 22.9 Å². The molecule has 1 unspecified atom stereocenters. The van der Waals surface area contributed by atoms with Crippen LogP contribution in [0.25, 0.3) is 0 Å². The van der Waals surface area contributed by atoms with Crippen LogP contribution in [0.15, 0.2) is 0 Å². The number of carbonyl (C=O) groups excluding carboxylic acids is 1. The fourth-order valence-electron chi connectivity index (χ4n) is 0.968. The third-order valence-electron chi connectivity index (χ3n) is 1.93. The van der Waals surface area contributed by atoms with Gasteiger partial charge in [0, 0.05) is 6.92 Å². The number of unbranched alkanes of at least 4 members (excludes halogenated alkanes) is 1. The van der Waals surface area contributed by atoms with E-state index in [0.717, 1.165) is 19.3 Å². The lowest BCUT2D eigenvalue weighted by atomic mass is 10.2. The topological polar surface area (TPSA) is 61.8 Å². The van der Waals surface area contributed by atoms with Gasteiger partial charge in [-0.05, 0) is 18.8 Å². The molecule has 0 heterocycles. The van der Waals surface area contributed by atoms with Gasteiger partial charge < -0.3 is 4.52 Å². The van der Waals surface area contributed by atoms with Gasteiger partial charge in [0.1, 0.15) is 0 Å². The smallest absolute Gasteiger partial charge is 0.371 e. The molecule has 0 aliphatic carbocycles. The molecule has 0 saturated carbocycles. The molecular formula is C11H23O5P. The molecule has 0 rings (SSSR count). The Morgan fingerprint density at radius 2 is 1.82 bits per heavy atom. The minimum atomic E-state index is -3.71. The van der Waals surface area contributed by atoms with Crippen molar-refractivity contribution in [1.29, 1.82) is 0 Å². The second kappa shape index (κ2) is 8.67. The van der Waals surface area contributed by atoms with Crippen LogP contribution in [0.1, 0.15) is 47.0 Å². The largest absolute Gasteiger partial charge is 0.532 e. The van der Waals surface area contributed by atoms with Crippen molar-refractivity contribution in [3.05, 3.63) is 0 Å². The Balaban J connectivity index is 4.19. The molecule has 1 atom stereocenters. The first-order valence-electron chi connectivity index (χ1n) is 5.99. The minimum absolute atomic E-state index is 0.258. The quantitative estimate of drug-likeness (QED) is 0.472.